The zero-order chi connectivity index (χ0) is 14.3. The summed E-state index contributed by atoms with van der Waals surface area (Å²) in [6.45, 7) is 5.95. The molecule has 0 radical (unpaired) electrons. The van der Waals surface area contributed by atoms with Crippen LogP contribution < -0.4 is 10.6 Å². The van der Waals surface area contributed by atoms with Crippen LogP contribution >= 0.6 is 22.6 Å². The fraction of sp³-hybridized carbons (Fsp3) is 0.143. The number of nitrogens with zero attached hydrogens (tertiary/aromatic N) is 1. The SMILES string of the molecule is C=CCN/C=C(/C#N)C(=O)Nc1ccc(I)cc1C. The van der Waals surface area contributed by atoms with Crippen LogP contribution in [0.4, 0.5) is 5.69 Å². The third-order valence-electron chi connectivity index (χ3n) is 2.31. The molecule has 0 aliphatic carbocycles. The van der Waals surface area contributed by atoms with Crippen molar-refractivity contribution in [2.45, 2.75) is 6.92 Å². The second-order valence-electron chi connectivity index (χ2n) is 3.78. The maximum absolute atomic E-state index is 11.9. The molecular weight excluding hydrogens is 353 g/mol. The molecule has 0 atom stereocenters. The van der Waals surface area contributed by atoms with Gasteiger partial charge in [0.05, 0.1) is 0 Å². The van der Waals surface area contributed by atoms with Gasteiger partial charge in [-0.15, -0.1) is 6.58 Å². The molecule has 0 aromatic heterocycles. The van der Waals surface area contributed by atoms with Crippen LogP contribution in [0.25, 0.3) is 0 Å². The van der Waals surface area contributed by atoms with Gasteiger partial charge in [0, 0.05) is 22.0 Å². The quantitative estimate of drug-likeness (QED) is 0.277. The van der Waals surface area contributed by atoms with E-state index in [1.807, 2.05) is 31.2 Å². The smallest absolute Gasteiger partial charge is 0.267 e. The summed E-state index contributed by atoms with van der Waals surface area (Å²) < 4.78 is 1.09. The lowest BCUT2D eigenvalue weighted by atomic mass is 10.2. The minimum atomic E-state index is -0.427. The van der Waals surface area contributed by atoms with Gasteiger partial charge in [-0.25, -0.2) is 0 Å². The van der Waals surface area contributed by atoms with E-state index in [9.17, 15) is 4.79 Å². The minimum absolute atomic E-state index is 0.0276. The Morgan fingerprint density at radius 1 is 1.58 bits per heavy atom. The lowest BCUT2D eigenvalue weighted by Crippen LogP contribution is -2.17. The zero-order valence-electron chi connectivity index (χ0n) is 10.5. The van der Waals surface area contributed by atoms with Gasteiger partial charge in [0.1, 0.15) is 11.6 Å². The van der Waals surface area contributed by atoms with E-state index in [2.05, 4.69) is 39.8 Å². The summed E-state index contributed by atoms with van der Waals surface area (Å²) in [7, 11) is 0. The molecule has 1 aromatic carbocycles. The Morgan fingerprint density at radius 3 is 2.89 bits per heavy atom. The second kappa shape index (κ2) is 7.59. The van der Waals surface area contributed by atoms with Crippen LogP contribution in [0.5, 0.6) is 0 Å². The monoisotopic (exact) mass is 367 g/mol. The molecule has 98 valence electrons. The third kappa shape index (κ3) is 4.75. The first kappa shape index (κ1) is 15.2. The van der Waals surface area contributed by atoms with Crippen LogP contribution in [0.15, 0.2) is 42.6 Å². The van der Waals surface area contributed by atoms with Crippen molar-refractivity contribution in [3.05, 3.63) is 51.8 Å². The van der Waals surface area contributed by atoms with Gasteiger partial charge in [0.2, 0.25) is 0 Å². The Hall–Kier alpha value is -1.81. The number of halogens is 1. The number of hydrogen-bond donors (Lipinski definition) is 2. The highest BCUT2D eigenvalue weighted by Gasteiger charge is 2.10. The van der Waals surface area contributed by atoms with Crippen molar-refractivity contribution in [3.8, 4) is 6.07 Å². The molecule has 0 spiro atoms. The number of amides is 1. The topological polar surface area (TPSA) is 64.9 Å². The Bertz CT molecular complexity index is 558. The maximum atomic E-state index is 11.9. The predicted octanol–water partition coefficient (Wildman–Crippen LogP) is 2.72. The standard InChI is InChI=1S/C14H14IN3O/c1-3-6-17-9-11(8-16)14(19)18-13-5-4-12(15)7-10(13)2/h3-5,7,9,17H,1,6H2,2H3,(H,18,19)/b11-9-. The molecule has 1 amide bonds. The van der Waals surface area contributed by atoms with Gasteiger partial charge in [-0.3, -0.25) is 4.79 Å². The number of benzene rings is 1. The third-order valence-corrected chi connectivity index (χ3v) is 2.98. The number of nitriles is 1. The normalized spacial score (nSPS) is 10.5. The van der Waals surface area contributed by atoms with E-state index < -0.39 is 5.91 Å². The Kier molecular flexibility index (Phi) is 6.09. The summed E-state index contributed by atoms with van der Waals surface area (Å²) in [6.07, 6.45) is 3.03. The van der Waals surface area contributed by atoms with Gasteiger partial charge in [-0.05, 0) is 53.3 Å². The van der Waals surface area contributed by atoms with E-state index in [0.29, 0.717) is 12.2 Å². The molecule has 4 nitrogen and oxygen atoms in total. The van der Waals surface area contributed by atoms with Gasteiger partial charge in [0.15, 0.2) is 0 Å². The molecule has 0 aliphatic rings. The first-order chi connectivity index (χ1) is 9.08. The molecule has 2 N–H and O–H groups in total. The van der Waals surface area contributed by atoms with Gasteiger partial charge in [-0.2, -0.15) is 5.26 Å². The maximum Gasteiger partial charge on any atom is 0.267 e. The summed E-state index contributed by atoms with van der Waals surface area (Å²) in [5, 5.41) is 14.5. The summed E-state index contributed by atoms with van der Waals surface area (Å²) >= 11 is 2.20. The molecule has 0 aliphatic heterocycles. The molecule has 0 saturated heterocycles. The average Bonchev–Trinajstić information content (AvgIpc) is 2.38. The summed E-state index contributed by atoms with van der Waals surface area (Å²) in [4.78, 5) is 11.9. The second-order valence-corrected chi connectivity index (χ2v) is 5.03. The summed E-state index contributed by atoms with van der Waals surface area (Å²) in [5.41, 5.74) is 1.69. The van der Waals surface area contributed by atoms with E-state index in [4.69, 9.17) is 5.26 Å². The van der Waals surface area contributed by atoms with Crippen molar-refractivity contribution >= 4 is 34.2 Å². The highest BCUT2D eigenvalue weighted by molar-refractivity contribution is 14.1. The number of anilines is 1. The first-order valence-corrected chi connectivity index (χ1v) is 6.68. The molecule has 5 heteroatoms. The highest BCUT2D eigenvalue weighted by Crippen LogP contribution is 2.18. The van der Waals surface area contributed by atoms with Crippen molar-refractivity contribution in [2.24, 2.45) is 0 Å². The minimum Gasteiger partial charge on any atom is -0.386 e. The zero-order valence-corrected chi connectivity index (χ0v) is 12.7. The van der Waals surface area contributed by atoms with Gasteiger partial charge < -0.3 is 10.6 Å². The molecule has 0 unspecified atom stereocenters. The molecule has 19 heavy (non-hydrogen) atoms. The number of hydrogen-bond acceptors (Lipinski definition) is 3. The molecule has 0 heterocycles. The van der Waals surface area contributed by atoms with Gasteiger partial charge >= 0.3 is 0 Å². The van der Waals surface area contributed by atoms with Crippen LogP contribution in [0, 0.1) is 21.8 Å². The van der Waals surface area contributed by atoms with Crippen molar-refractivity contribution < 1.29 is 4.79 Å². The van der Waals surface area contributed by atoms with Crippen LogP contribution in [0.2, 0.25) is 0 Å². The Balaban J connectivity index is 2.80. The largest absolute Gasteiger partial charge is 0.386 e. The molecule has 0 saturated carbocycles. The lowest BCUT2D eigenvalue weighted by molar-refractivity contribution is -0.112. The Labute approximate surface area is 126 Å². The number of rotatable bonds is 5. The van der Waals surface area contributed by atoms with Crippen molar-refractivity contribution in [1.29, 1.82) is 5.26 Å². The van der Waals surface area contributed by atoms with Gasteiger partial charge in [0.25, 0.3) is 5.91 Å². The van der Waals surface area contributed by atoms with Crippen molar-refractivity contribution in [2.75, 3.05) is 11.9 Å². The van der Waals surface area contributed by atoms with E-state index in [1.165, 1.54) is 6.20 Å². The van der Waals surface area contributed by atoms with E-state index in [0.717, 1.165) is 9.13 Å². The summed E-state index contributed by atoms with van der Waals surface area (Å²) in [5.74, 6) is -0.427. The number of carbonyl (C=O) groups excluding carboxylic acids is 1. The van der Waals surface area contributed by atoms with Gasteiger partial charge in [-0.1, -0.05) is 6.08 Å². The lowest BCUT2D eigenvalue weighted by Gasteiger charge is -2.08. The van der Waals surface area contributed by atoms with Crippen LogP contribution in [-0.2, 0) is 4.79 Å². The van der Waals surface area contributed by atoms with Crippen LogP contribution in [0.1, 0.15) is 5.56 Å². The Morgan fingerprint density at radius 2 is 2.32 bits per heavy atom. The molecule has 0 fully saturated rings. The molecular formula is C14H14IN3O. The number of aryl methyl sites for hydroxylation is 1. The molecule has 1 rings (SSSR count). The fourth-order valence-electron chi connectivity index (χ4n) is 1.35. The highest BCUT2D eigenvalue weighted by atomic mass is 127. The number of nitrogens with one attached hydrogen (secondary N) is 2. The van der Waals surface area contributed by atoms with Crippen molar-refractivity contribution in [3.63, 3.8) is 0 Å². The predicted molar refractivity (Wildman–Crippen MR) is 84.4 cm³/mol. The first-order valence-electron chi connectivity index (χ1n) is 5.60. The number of carbonyl (C=O) groups is 1. The van der Waals surface area contributed by atoms with Crippen LogP contribution in [0.3, 0.4) is 0 Å². The average molecular weight is 367 g/mol. The van der Waals surface area contributed by atoms with Crippen LogP contribution in [-0.4, -0.2) is 12.5 Å². The van der Waals surface area contributed by atoms with E-state index in [1.54, 1.807) is 6.08 Å². The summed E-state index contributed by atoms with van der Waals surface area (Å²) in [6, 6.07) is 7.54. The van der Waals surface area contributed by atoms with E-state index in [-0.39, 0.29) is 5.57 Å². The van der Waals surface area contributed by atoms with Crippen molar-refractivity contribution in [1.82, 2.24) is 5.32 Å². The fourth-order valence-corrected chi connectivity index (χ4v) is 2.00. The van der Waals surface area contributed by atoms with E-state index >= 15 is 0 Å². The molecule has 1 aromatic rings. The molecule has 0 bridgehead atoms.